The Labute approximate surface area is 213 Å². The first kappa shape index (κ1) is 21.2. The summed E-state index contributed by atoms with van der Waals surface area (Å²) in [5, 5.41) is 2.31. The number of nitrogens with one attached hydrogen (secondary N) is 1. The van der Waals surface area contributed by atoms with Crippen molar-refractivity contribution >= 4 is 63.8 Å². The van der Waals surface area contributed by atoms with E-state index in [2.05, 4.69) is 4.98 Å². The zero-order valence-corrected chi connectivity index (χ0v) is 20.8. The van der Waals surface area contributed by atoms with Crippen molar-refractivity contribution in [2.75, 3.05) is 4.90 Å². The number of halogens is 2. The van der Waals surface area contributed by atoms with E-state index in [1.165, 1.54) is 16.2 Å². The van der Waals surface area contributed by atoms with Gasteiger partial charge in [-0.1, -0.05) is 46.7 Å². The molecule has 5 nitrogen and oxygen atoms in total. The van der Waals surface area contributed by atoms with Crippen LogP contribution in [0.25, 0.3) is 0 Å². The van der Waals surface area contributed by atoms with Gasteiger partial charge in [-0.3, -0.25) is 19.3 Å². The molecule has 3 fully saturated rings. The van der Waals surface area contributed by atoms with E-state index in [4.69, 9.17) is 23.2 Å². The maximum atomic E-state index is 13.7. The third-order valence-corrected chi connectivity index (χ3v) is 11.1. The van der Waals surface area contributed by atoms with E-state index in [1.54, 1.807) is 36.0 Å². The molecular weight excluding hydrogens is 511 g/mol. The molecule has 1 N–H and O–H groups in total. The zero-order chi connectivity index (χ0) is 23.3. The first-order chi connectivity index (χ1) is 16.4. The van der Waals surface area contributed by atoms with Crippen molar-refractivity contribution in [2.24, 2.45) is 29.6 Å². The van der Waals surface area contributed by atoms with Crippen LogP contribution in [0.15, 0.2) is 58.4 Å². The van der Waals surface area contributed by atoms with Gasteiger partial charge >= 0.3 is 4.87 Å². The van der Waals surface area contributed by atoms with Crippen LogP contribution in [-0.2, 0) is 9.59 Å². The number of carbonyl (C=O) groups excluding carboxylic acids is 2. The minimum atomic E-state index is -0.318. The summed E-state index contributed by atoms with van der Waals surface area (Å²) in [4.78, 5) is 44.9. The minimum Gasteiger partial charge on any atom is -0.307 e. The first-order valence-electron chi connectivity index (χ1n) is 11.2. The third-order valence-electron chi connectivity index (χ3n) is 8.04. The summed E-state index contributed by atoms with van der Waals surface area (Å²) in [6, 6.07) is 14.7. The van der Waals surface area contributed by atoms with E-state index >= 15 is 0 Å². The third kappa shape index (κ3) is 2.84. The number of hydrogen-bond acceptors (Lipinski definition) is 5. The molecule has 172 valence electrons. The highest BCUT2D eigenvalue weighted by Crippen LogP contribution is 2.68. The van der Waals surface area contributed by atoms with Gasteiger partial charge in [0.05, 0.1) is 22.5 Å². The molecule has 0 unspecified atom stereocenters. The molecule has 2 aliphatic heterocycles. The molecule has 2 amide bonds. The fourth-order valence-electron chi connectivity index (χ4n) is 6.90. The zero-order valence-electron chi connectivity index (χ0n) is 17.6. The van der Waals surface area contributed by atoms with Crippen molar-refractivity contribution in [3.05, 3.63) is 78.7 Å². The van der Waals surface area contributed by atoms with Gasteiger partial charge in [-0.15, -0.1) is 11.8 Å². The van der Waals surface area contributed by atoms with Gasteiger partial charge in [-0.05, 0) is 66.1 Å². The maximum absolute atomic E-state index is 13.7. The van der Waals surface area contributed by atoms with E-state index in [0.717, 1.165) is 21.9 Å². The van der Waals surface area contributed by atoms with Crippen LogP contribution in [0.1, 0.15) is 22.8 Å². The molecule has 1 aromatic heterocycles. The van der Waals surface area contributed by atoms with Gasteiger partial charge < -0.3 is 4.98 Å². The summed E-state index contributed by atoms with van der Waals surface area (Å²) in [7, 11) is 0. The van der Waals surface area contributed by atoms with E-state index in [9.17, 15) is 14.4 Å². The van der Waals surface area contributed by atoms with Gasteiger partial charge in [0, 0.05) is 26.1 Å². The lowest BCUT2D eigenvalue weighted by Crippen LogP contribution is -2.42. The van der Waals surface area contributed by atoms with Gasteiger partial charge in [0.25, 0.3) is 0 Å². The number of H-pyrrole nitrogens is 1. The molecule has 0 spiro atoms. The van der Waals surface area contributed by atoms with Crippen LogP contribution >= 0.6 is 46.3 Å². The molecule has 1 saturated heterocycles. The summed E-state index contributed by atoms with van der Waals surface area (Å²) in [5.41, 5.74) is 1.69. The highest BCUT2D eigenvalue weighted by molar-refractivity contribution is 8.00. The summed E-state index contributed by atoms with van der Waals surface area (Å²) in [6.07, 6.45) is 0.868. The topological polar surface area (TPSA) is 70.2 Å². The molecule has 4 aliphatic rings. The molecule has 7 atom stereocenters. The van der Waals surface area contributed by atoms with Gasteiger partial charge in [0.2, 0.25) is 11.8 Å². The van der Waals surface area contributed by atoms with Gasteiger partial charge in [0.1, 0.15) is 0 Å². The Morgan fingerprint density at radius 2 is 1.47 bits per heavy atom. The van der Waals surface area contributed by atoms with E-state index in [-0.39, 0.29) is 57.4 Å². The number of fused-ring (bicyclic) bond motifs is 9. The van der Waals surface area contributed by atoms with E-state index < -0.39 is 0 Å². The van der Waals surface area contributed by atoms with Crippen LogP contribution in [0.3, 0.4) is 0 Å². The quantitative estimate of drug-likeness (QED) is 0.450. The number of benzene rings is 2. The summed E-state index contributed by atoms with van der Waals surface area (Å²) < 4.78 is 0. The van der Waals surface area contributed by atoms with Crippen molar-refractivity contribution in [1.82, 2.24) is 4.98 Å². The van der Waals surface area contributed by atoms with Gasteiger partial charge in [-0.25, -0.2) is 0 Å². The Morgan fingerprint density at radius 3 is 2.15 bits per heavy atom. The van der Waals surface area contributed by atoms with Crippen molar-refractivity contribution in [1.29, 1.82) is 0 Å². The number of thiazole rings is 1. The molecular formula is C25H18Cl2N2O3S2. The minimum absolute atomic E-state index is 0.00546. The maximum Gasteiger partial charge on any atom is 0.305 e. The molecule has 2 bridgehead atoms. The molecule has 34 heavy (non-hydrogen) atoms. The van der Waals surface area contributed by atoms with Gasteiger partial charge in [0.15, 0.2) is 0 Å². The Hall–Kier alpha value is -2.06. The number of aromatic amines is 1. The number of hydrogen-bond donors (Lipinski definition) is 1. The highest BCUT2D eigenvalue weighted by Gasteiger charge is 2.69. The molecule has 9 heteroatoms. The molecule has 2 saturated carbocycles. The molecule has 3 heterocycles. The Balaban J connectivity index is 1.32. The van der Waals surface area contributed by atoms with Gasteiger partial charge in [-0.2, -0.15) is 0 Å². The number of nitrogens with zero attached hydrogens (tertiary/aromatic N) is 1. The van der Waals surface area contributed by atoms with Crippen LogP contribution in [0, 0.1) is 29.6 Å². The molecule has 2 aromatic carbocycles. The fourth-order valence-corrected chi connectivity index (χ4v) is 10.0. The average molecular weight is 529 g/mol. The number of anilines is 1. The van der Waals surface area contributed by atoms with Crippen LogP contribution in [0.5, 0.6) is 0 Å². The predicted octanol–water partition coefficient (Wildman–Crippen LogP) is 5.42. The van der Waals surface area contributed by atoms with E-state index in [1.807, 2.05) is 24.3 Å². The Morgan fingerprint density at radius 1 is 0.853 bits per heavy atom. The Bertz CT molecular complexity index is 1400. The SMILES string of the molecule is O=C1[C@@H]2[C@@H]3C[C@@H]([C@H]4Sc5[nH]c(=O)sc5[C@H](c5ccc(Cl)cc5)[C@@H]34)[C@@H]2C(=O)N1c1ccc(Cl)cc1. The van der Waals surface area contributed by atoms with Crippen molar-refractivity contribution < 1.29 is 9.59 Å². The summed E-state index contributed by atoms with van der Waals surface area (Å²) in [5.74, 6) is -0.448. The van der Waals surface area contributed by atoms with Crippen LogP contribution in [0.2, 0.25) is 10.0 Å². The van der Waals surface area contributed by atoms with Crippen molar-refractivity contribution in [2.45, 2.75) is 22.6 Å². The number of rotatable bonds is 2. The monoisotopic (exact) mass is 528 g/mol. The predicted molar refractivity (Wildman–Crippen MR) is 134 cm³/mol. The largest absolute Gasteiger partial charge is 0.307 e. The summed E-state index contributed by atoms with van der Waals surface area (Å²) >= 11 is 15.2. The molecule has 2 aliphatic carbocycles. The lowest BCUT2D eigenvalue weighted by Gasteiger charge is -2.43. The number of carbonyl (C=O) groups is 2. The number of thioether (sulfide) groups is 1. The summed E-state index contributed by atoms with van der Waals surface area (Å²) in [6.45, 7) is 0. The van der Waals surface area contributed by atoms with Crippen molar-refractivity contribution in [3.63, 3.8) is 0 Å². The normalized spacial score (nSPS) is 33.2. The molecule has 7 rings (SSSR count). The van der Waals surface area contributed by atoms with Crippen molar-refractivity contribution in [3.8, 4) is 0 Å². The fraction of sp³-hybridized carbons (Fsp3) is 0.320. The second kappa shape index (κ2) is 7.47. The average Bonchev–Trinajstić information content (AvgIpc) is 3.54. The lowest BCUT2D eigenvalue weighted by atomic mass is 9.68. The second-order valence-electron chi connectivity index (χ2n) is 9.50. The van der Waals surface area contributed by atoms with Crippen LogP contribution < -0.4 is 9.77 Å². The molecule has 0 radical (unpaired) electrons. The second-order valence-corrected chi connectivity index (χ2v) is 12.6. The first-order valence-corrected chi connectivity index (χ1v) is 13.7. The van der Waals surface area contributed by atoms with Crippen LogP contribution in [0.4, 0.5) is 5.69 Å². The standard InChI is InChI=1S/C25H18Cl2N2O3S2/c26-11-3-1-10(2-4-11)16-17-14-9-15(20(17)33-22-21(16)34-25(32)28-22)19-18(14)23(30)29(24(19)31)13-7-5-12(27)6-8-13/h1-8,14-20H,9H2,(H,28,32)/t14-,15-,16-,17-,18-,19+,20-/m1/s1. The Kier molecular flexibility index (Phi) is 4.67. The smallest absolute Gasteiger partial charge is 0.305 e. The number of aromatic nitrogens is 1. The number of imide groups is 1. The van der Waals surface area contributed by atoms with E-state index in [0.29, 0.717) is 15.7 Å². The highest BCUT2D eigenvalue weighted by atomic mass is 35.5. The molecule has 3 aromatic rings. The number of amides is 2. The van der Waals surface area contributed by atoms with Crippen LogP contribution in [-0.4, -0.2) is 22.0 Å². The lowest BCUT2D eigenvalue weighted by molar-refractivity contribution is -0.123.